The molecule has 2 aromatic carbocycles. The van der Waals surface area contributed by atoms with Crippen molar-refractivity contribution in [2.75, 3.05) is 0 Å². The fraction of sp³-hybridized carbons (Fsp3) is 0.250. The van der Waals surface area contributed by atoms with Gasteiger partial charge in [0, 0.05) is 11.5 Å². The van der Waals surface area contributed by atoms with Crippen molar-refractivity contribution in [3.8, 4) is 0 Å². The number of hydrogen-bond acceptors (Lipinski definition) is 1. The Labute approximate surface area is 153 Å². The number of hydrogen-bond donors (Lipinski definition) is 0. The van der Waals surface area contributed by atoms with Crippen molar-refractivity contribution < 1.29 is 4.79 Å². The average Bonchev–Trinajstić information content (AvgIpc) is 3.05. The Morgan fingerprint density at radius 1 is 1.00 bits per heavy atom. The molecular weight excluding hydrogens is 416 g/mol. The van der Waals surface area contributed by atoms with E-state index < -0.39 is 0 Å². The van der Waals surface area contributed by atoms with Crippen LogP contribution in [-0.4, -0.2) is 9.02 Å². The normalized spacial score (nSPS) is 28.1. The number of carbonyl (C=O) groups excluding carboxylic acids is 1. The fourth-order valence-electron chi connectivity index (χ4n) is 3.80. The van der Waals surface area contributed by atoms with Gasteiger partial charge < -0.3 is 0 Å². The van der Waals surface area contributed by atoms with Crippen LogP contribution < -0.4 is 0 Å². The van der Waals surface area contributed by atoms with Gasteiger partial charge in [-0.05, 0) is 24.0 Å². The lowest BCUT2D eigenvalue weighted by atomic mass is 9.79. The molecule has 0 saturated heterocycles. The molecule has 116 valence electrons. The van der Waals surface area contributed by atoms with Crippen LogP contribution in [0, 0.1) is 11.3 Å². The van der Waals surface area contributed by atoms with Gasteiger partial charge in [-0.15, -0.1) is 0 Å². The Morgan fingerprint density at radius 2 is 1.70 bits per heavy atom. The number of halogens is 2. The van der Waals surface area contributed by atoms with Crippen LogP contribution in [0.4, 0.5) is 0 Å². The second-order valence-electron chi connectivity index (χ2n) is 6.33. The van der Waals surface area contributed by atoms with Crippen molar-refractivity contribution in [1.29, 1.82) is 0 Å². The molecule has 0 heterocycles. The molecule has 23 heavy (non-hydrogen) atoms. The minimum Gasteiger partial charge on any atom is -0.293 e. The van der Waals surface area contributed by atoms with E-state index in [9.17, 15) is 4.79 Å². The van der Waals surface area contributed by atoms with Crippen molar-refractivity contribution in [3.05, 3.63) is 77.4 Å². The van der Waals surface area contributed by atoms with Crippen molar-refractivity contribution >= 4 is 43.7 Å². The second-order valence-corrected chi connectivity index (χ2v) is 9.89. The standard InChI is InChI=1S/C20H16Br2O/c21-20(22)17(11-10-14-6-2-1-3-7-14)19(20)13-12-15-8-4-5-9-16(15)18(19)23/h1-11,17H,12-13H2/b11-10+/t17-,19+/m1/s1. The first-order valence-electron chi connectivity index (χ1n) is 7.81. The predicted molar refractivity (Wildman–Crippen MR) is 101 cm³/mol. The highest BCUT2D eigenvalue weighted by atomic mass is 79.9. The summed E-state index contributed by atoms with van der Waals surface area (Å²) in [6.07, 6.45) is 6.12. The maximum Gasteiger partial charge on any atom is 0.172 e. The van der Waals surface area contributed by atoms with Crippen LogP contribution in [-0.2, 0) is 6.42 Å². The first-order valence-corrected chi connectivity index (χ1v) is 9.40. The lowest BCUT2D eigenvalue weighted by Gasteiger charge is -2.25. The van der Waals surface area contributed by atoms with Gasteiger partial charge in [0.2, 0.25) is 0 Å². The molecule has 1 saturated carbocycles. The number of ketones is 1. The molecule has 0 aromatic heterocycles. The minimum atomic E-state index is -0.368. The van der Waals surface area contributed by atoms with E-state index in [1.165, 1.54) is 5.56 Å². The van der Waals surface area contributed by atoms with Gasteiger partial charge in [-0.1, -0.05) is 98.6 Å². The molecule has 3 heteroatoms. The molecule has 1 spiro atoms. The van der Waals surface area contributed by atoms with Gasteiger partial charge in [-0.3, -0.25) is 4.79 Å². The summed E-state index contributed by atoms with van der Waals surface area (Å²) in [6.45, 7) is 0. The Kier molecular flexibility index (Phi) is 3.62. The predicted octanol–water partition coefficient (Wildman–Crippen LogP) is 5.63. The number of benzene rings is 2. The van der Waals surface area contributed by atoms with Crippen LogP contribution >= 0.6 is 31.9 Å². The van der Waals surface area contributed by atoms with Gasteiger partial charge in [-0.25, -0.2) is 0 Å². The molecule has 1 fully saturated rings. The third-order valence-corrected chi connectivity index (χ3v) is 7.57. The minimum absolute atomic E-state index is 0.163. The number of fused-ring (bicyclic) bond motifs is 1. The highest BCUT2D eigenvalue weighted by molar-refractivity contribution is 9.25. The van der Waals surface area contributed by atoms with E-state index in [0.717, 1.165) is 24.0 Å². The topological polar surface area (TPSA) is 17.1 Å². The zero-order valence-corrected chi connectivity index (χ0v) is 15.7. The number of aryl methyl sites for hydroxylation is 1. The maximum atomic E-state index is 13.1. The Morgan fingerprint density at radius 3 is 2.48 bits per heavy atom. The monoisotopic (exact) mass is 430 g/mol. The molecule has 0 radical (unpaired) electrons. The molecule has 0 aliphatic heterocycles. The summed E-state index contributed by atoms with van der Waals surface area (Å²) in [7, 11) is 0. The molecule has 1 nitrogen and oxygen atoms in total. The van der Waals surface area contributed by atoms with Crippen molar-refractivity contribution in [3.63, 3.8) is 0 Å². The van der Waals surface area contributed by atoms with E-state index in [4.69, 9.17) is 0 Å². The van der Waals surface area contributed by atoms with Crippen molar-refractivity contribution in [2.45, 2.75) is 16.1 Å². The Hall–Kier alpha value is -1.19. The summed E-state index contributed by atoms with van der Waals surface area (Å²) >= 11 is 7.56. The number of carbonyl (C=O) groups is 1. The van der Waals surface area contributed by atoms with Crippen molar-refractivity contribution in [1.82, 2.24) is 0 Å². The van der Waals surface area contributed by atoms with Gasteiger partial charge in [0.15, 0.2) is 5.78 Å². The first-order chi connectivity index (χ1) is 11.1. The lowest BCUT2D eigenvalue weighted by Crippen LogP contribution is -2.28. The Bertz CT molecular complexity index is 794. The molecule has 0 amide bonds. The van der Waals surface area contributed by atoms with Gasteiger partial charge in [0.05, 0.1) is 5.41 Å². The molecule has 4 rings (SSSR count). The van der Waals surface area contributed by atoms with E-state index in [1.54, 1.807) is 0 Å². The molecule has 2 aliphatic carbocycles. The van der Waals surface area contributed by atoms with Crippen LogP contribution in [0.2, 0.25) is 0 Å². The fourth-order valence-corrected chi connectivity index (χ4v) is 5.91. The molecule has 0 unspecified atom stereocenters. The number of Topliss-reactive ketones (excluding diaryl/α,β-unsaturated/α-hetero) is 1. The first kappa shape index (κ1) is 15.3. The van der Waals surface area contributed by atoms with Crippen LogP contribution in [0.5, 0.6) is 0 Å². The summed E-state index contributed by atoms with van der Waals surface area (Å²) in [6, 6.07) is 18.2. The summed E-state index contributed by atoms with van der Waals surface area (Å²) in [5, 5.41) is 0. The largest absolute Gasteiger partial charge is 0.293 e. The average molecular weight is 432 g/mol. The summed E-state index contributed by atoms with van der Waals surface area (Å²) in [4.78, 5) is 13.1. The molecular formula is C20H16Br2O. The van der Waals surface area contributed by atoms with Gasteiger partial charge in [0.1, 0.15) is 3.23 Å². The smallest absolute Gasteiger partial charge is 0.172 e. The number of rotatable bonds is 2. The van der Waals surface area contributed by atoms with E-state index in [2.05, 4.69) is 62.2 Å². The van der Waals surface area contributed by atoms with Crippen molar-refractivity contribution in [2.24, 2.45) is 11.3 Å². The number of alkyl halides is 2. The highest BCUT2D eigenvalue weighted by Crippen LogP contribution is 2.75. The number of allylic oxidation sites excluding steroid dienone is 1. The zero-order valence-electron chi connectivity index (χ0n) is 12.5. The highest BCUT2D eigenvalue weighted by Gasteiger charge is 2.77. The Balaban J connectivity index is 1.67. The molecule has 2 aromatic rings. The van der Waals surface area contributed by atoms with Crippen LogP contribution in [0.15, 0.2) is 60.7 Å². The maximum absolute atomic E-state index is 13.1. The summed E-state index contributed by atoms with van der Waals surface area (Å²) < 4.78 is -0.330. The van der Waals surface area contributed by atoms with Crippen LogP contribution in [0.3, 0.4) is 0 Å². The summed E-state index contributed by atoms with van der Waals surface area (Å²) in [5.41, 5.74) is 2.86. The van der Waals surface area contributed by atoms with Crippen LogP contribution in [0.1, 0.15) is 27.9 Å². The lowest BCUT2D eigenvalue weighted by molar-refractivity contribution is 0.0871. The summed E-state index contributed by atoms with van der Waals surface area (Å²) in [5.74, 6) is 0.423. The molecule has 0 N–H and O–H groups in total. The molecule has 2 atom stereocenters. The van der Waals surface area contributed by atoms with E-state index in [0.29, 0.717) is 0 Å². The molecule has 2 aliphatic rings. The van der Waals surface area contributed by atoms with E-state index in [1.807, 2.05) is 36.4 Å². The second kappa shape index (κ2) is 5.42. The quantitative estimate of drug-likeness (QED) is 0.563. The third-order valence-electron chi connectivity index (χ3n) is 5.17. The van der Waals surface area contributed by atoms with E-state index in [-0.39, 0.29) is 20.3 Å². The van der Waals surface area contributed by atoms with Crippen LogP contribution in [0.25, 0.3) is 6.08 Å². The van der Waals surface area contributed by atoms with E-state index >= 15 is 0 Å². The van der Waals surface area contributed by atoms with Gasteiger partial charge >= 0.3 is 0 Å². The third kappa shape index (κ3) is 2.20. The SMILES string of the molecule is O=C1c2ccccc2CC[C@]12[C@@H](/C=C/c1ccccc1)C2(Br)Br. The van der Waals surface area contributed by atoms with Gasteiger partial charge in [0.25, 0.3) is 0 Å². The van der Waals surface area contributed by atoms with Gasteiger partial charge in [-0.2, -0.15) is 0 Å². The zero-order chi connectivity index (χ0) is 16.1. The molecule has 0 bridgehead atoms.